The van der Waals surface area contributed by atoms with Crippen LogP contribution in [0.25, 0.3) is 0 Å². The van der Waals surface area contributed by atoms with Crippen LogP contribution in [0.15, 0.2) is 61.1 Å². The molecule has 9 heteroatoms. The number of pyridine rings is 2. The lowest BCUT2D eigenvalue weighted by Crippen LogP contribution is -2.28. The monoisotopic (exact) mass is 503 g/mol. The van der Waals surface area contributed by atoms with Gasteiger partial charge in [-0.15, -0.1) is 0 Å². The van der Waals surface area contributed by atoms with Gasteiger partial charge in [0.1, 0.15) is 5.82 Å². The SMILES string of the molecule is O=C(Nc1cnccc1C(=O)Nc1ccc(Cl)cn1)c1ccc(C2(CCN3CCCC3=O)CC2)cc1. The van der Waals surface area contributed by atoms with Crippen LogP contribution in [0.5, 0.6) is 0 Å². The molecule has 2 N–H and O–H groups in total. The molecule has 0 spiro atoms. The van der Waals surface area contributed by atoms with Gasteiger partial charge in [-0.05, 0) is 67.0 Å². The number of halogens is 1. The number of anilines is 2. The highest BCUT2D eigenvalue weighted by atomic mass is 35.5. The van der Waals surface area contributed by atoms with Crippen molar-refractivity contribution >= 4 is 40.8 Å². The fraction of sp³-hybridized carbons (Fsp3) is 0.296. The molecule has 3 amide bonds. The number of hydrogen-bond acceptors (Lipinski definition) is 5. The highest BCUT2D eigenvalue weighted by Gasteiger charge is 2.44. The molecule has 3 aromatic rings. The second-order valence-corrected chi connectivity index (χ2v) is 9.72. The molecule has 0 radical (unpaired) electrons. The molecule has 0 unspecified atom stereocenters. The van der Waals surface area contributed by atoms with Crippen LogP contribution in [-0.4, -0.2) is 45.7 Å². The van der Waals surface area contributed by atoms with Crippen molar-refractivity contribution in [3.63, 3.8) is 0 Å². The summed E-state index contributed by atoms with van der Waals surface area (Å²) < 4.78 is 0. The number of aromatic nitrogens is 2. The summed E-state index contributed by atoms with van der Waals surface area (Å²) in [6.07, 6.45) is 9.11. The first-order chi connectivity index (χ1) is 17.4. The van der Waals surface area contributed by atoms with Gasteiger partial charge in [-0.2, -0.15) is 0 Å². The molecule has 2 aromatic heterocycles. The second kappa shape index (κ2) is 10.1. The Morgan fingerprint density at radius 2 is 1.81 bits per heavy atom. The van der Waals surface area contributed by atoms with Gasteiger partial charge in [-0.25, -0.2) is 4.98 Å². The van der Waals surface area contributed by atoms with E-state index in [1.54, 1.807) is 24.3 Å². The van der Waals surface area contributed by atoms with Crippen molar-refractivity contribution in [2.24, 2.45) is 0 Å². The average molecular weight is 504 g/mol. The van der Waals surface area contributed by atoms with Crippen molar-refractivity contribution in [3.05, 3.63) is 82.8 Å². The van der Waals surface area contributed by atoms with Crippen molar-refractivity contribution in [2.45, 2.75) is 37.5 Å². The minimum absolute atomic E-state index is 0.0994. The van der Waals surface area contributed by atoms with E-state index in [9.17, 15) is 14.4 Å². The fourth-order valence-corrected chi connectivity index (χ4v) is 4.73. The number of rotatable bonds is 8. The maximum atomic E-state index is 13.0. The Labute approximate surface area is 214 Å². The third kappa shape index (κ3) is 5.23. The van der Waals surface area contributed by atoms with Crippen molar-refractivity contribution in [1.82, 2.24) is 14.9 Å². The summed E-state index contributed by atoms with van der Waals surface area (Å²) in [7, 11) is 0. The van der Waals surface area contributed by atoms with Gasteiger partial charge in [-0.1, -0.05) is 23.7 Å². The van der Waals surface area contributed by atoms with Gasteiger partial charge in [0.15, 0.2) is 0 Å². The van der Waals surface area contributed by atoms with E-state index >= 15 is 0 Å². The van der Waals surface area contributed by atoms with Gasteiger partial charge in [-0.3, -0.25) is 19.4 Å². The van der Waals surface area contributed by atoms with Gasteiger partial charge in [0.2, 0.25) is 5.91 Å². The molecule has 2 fully saturated rings. The number of amides is 3. The minimum atomic E-state index is -0.426. The maximum Gasteiger partial charge on any atom is 0.259 e. The molecule has 0 atom stereocenters. The number of likely N-dealkylation sites (tertiary alicyclic amines) is 1. The Hall–Kier alpha value is -3.78. The smallest absolute Gasteiger partial charge is 0.259 e. The van der Waals surface area contributed by atoms with Crippen molar-refractivity contribution in [3.8, 4) is 0 Å². The van der Waals surface area contributed by atoms with E-state index in [0.717, 1.165) is 38.8 Å². The standard InChI is InChI=1S/C27H26ClN5O3/c28-20-7-8-23(30-16-20)32-26(36)21-9-13-29-17-22(21)31-25(35)18-3-5-19(6-4-18)27(10-11-27)12-15-33-14-1-2-24(33)34/h3-9,13,16-17H,1-2,10-12,14-15H2,(H,31,35)(H,30,32,36). The summed E-state index contributed by atoms with van der Waals surface area (Å²) in [6.45, 7) is 1.65. The van der Waals surface area contributed by atoms with Crippen LogP contribution in [0.4, 0.5) is 11.5 Å². The van der Waals surface area contributed by atoms with E-state index in [0.29, 0.717) is 28.5 Å². The average Bonchev–Trinajstić information content (AvgIpc) is 3.58. The zero-order chi connectivity index (χ0) is 25.1. The van der Waals surface area contributed by atoms with Gasteiger partial charge in [0.05, 0.1) is 22.5 Å². The summed E-state index contributed by atoms with van der Waals surface area (Å²) in [5.74, 6) is -0.159. The number of benzene rings is 1. The molecule has 1 aliphatic carbocycles. The molecule has 36 heavy (non-hydrogen) atoms. The highest BCUT2D eigenvalue weighted by molar-refractivity contribution is 6.30. The number of nitrogens with zero attached hydrogens (tertiary/aromatic N) is 3. The van der Waals surface area contributed by atoms with Gasteiger partial charge in [0, 0.05) is 37.5 Å². The molecule has 1 aliphatic heterocycles. The molecule has 8 nitrogen and oxygen atoms in total. The summed E-state index contributed by atoms with van der Waals surface area (Å²) >= 11 is 5.85. The van der Waals surface area contributed by atoms with E-state index in [1.165, 1.54) is 30.2 Å². The maximum absolute atomic E-state index is 13.0. The first kappa shape index (κ1) is 23.9. The normalized spacial score (nSPS) is 16.0. The van der Waals surface area contributed by atoms with E-state index in [1.807, 2.05) is 17.0 Å². The van der Waals surface area contributed by atoms with E-state index < -0.39 is 5.91 Å². The van der Waals surface area contributed by atoms with Crippen LogP contribution in [0, 0.1) is 0 Å². The third-order valence-electron chi connectivity index (χ3n) is 6.93. The summed E-state index contributed by atoms with van der Waals surface area (Å²) in [6, 6.07) is 12.4. The van der Waals surface area contributed by atoms with Gasteiger partial charge < -0.3 is 15.5 Å². The first-order valence-corrected chi connectivity index (χ1v) is 12.4. The van der Waals surface area contributed by atoms with E-state index in [4.69, 9.17) is 11.6 Å². The Kier molecular flexibility index (Phi) is 6.69. The lowest BCUT2D eigenvalue weighted by Gasteiger charge is -2.21. The van der Waals surface area contributed by atoms with Crippen molar-refractivity contribution < 1.29 is 14.4 Å². The fourth-order valence-electron chi connectivity index (χ4n) is 4.62. The predicted octanol–water partition coefficient (Wildman–Crippen LogP) is 4.68. The van der Waals surface area contributed by atoms with Crippen LogP contribution in [0.2, 0.25) is 5.02 Å². The summed E-state index contributed by atoms with van der Waals surface area (Å²) in [5.41, 5.74) is 2.34. The number of nitrogens with one attached hydrogen (secondary N) is 2. The molecule has 1 saturated heterocycles. The first-order valence-electron chi connectivity index (χ1n) is 12.0. The lowest BCUT2D eigenvalue weighted by molar-refractivity contribution is -0.127. The zero-order valence-corrected chi connectivity index (χ0v) is 20.4. The summed E-state index contributed by atoms with van der Waals surface area (Å²) in [5, 5.41) is 5.95. The Bertz CT molecular complexity index is 1290. The van der Waals surface area contributed by atoms with Crippen LogP contribution >= 0.6 is 11.6 Å². The Balaban J connectivity index is 1.24. The van der Waals surface area contributed by atoms with Crippen LogP contribution in [0.3, 0.4) is 0 Å². The van der Waals surface area contributed by atoms with Gasteiger partial charge >= 0.3 is 0 Å². The molecule has 0 bridgehead atoms. The lowest BCUT2D eigenvalue weighted by atomic mass is 9.91. The predicted molar refractivity (Wildman–Crippen MR) is 137 cm³/mol. The third-order valence-corrected chi connectivity index (χ3v) is 7.15. The molecule has 184 valence electrons. The van der Waals surface area contributed by atoms with Crippen LogP contribution in [-0.2, 0) is 10.2 Å². The Morgan fingerprint density at radius 1 is 1.00 bits per heavy atom. The number of carbonyl (C=O) groups is 3. The van der Waals surface area contributed by atoms with Crippen LogP contribution < -0.4 is 10.6 Å². The molecule has 1 saturated carbocycles. The molecule has 3 heterocycles. The quantitative estimate of drug-likeness (QED) is 0.464. The molecule has 2 aliphatic rings. The zero-order valence-electron chi connectivity index (χ0n) is 19.7. The molecule has 5 rings (SSSR count). The summed E-state index contributed by atoms with van der Waals surface area (Å²) in [4.78, 5) is 47.8. The van der Waals surface area contributed by atoms with Crippen molar-refractivity contribution in [1.29, 1.82) is 0 Å². The Morgan fingerprint density at radius 3 is 2.47 bits per heavy atom. The topological polar surface area (TPSA) is 104 Å². The molecular weight excluding hydrogens is 478 g/mol. The number of carbonyl (C=O) groups excluding carboxylic acids is 3. The van der Waals surface area contributed by atoms with Gasteiger partial charge in [0.25, 0.3) is 11.8 Å². The highest BCUT2D eigenvalue weighted by Crippen LogP contribution is 2.51. The number of hydrogen-bond donors (Lipinski definition) is 2. The van der Waals surface area contributed by atoms with E-state index in [-0.39, 0.29) is 22.8 Å². The largest absolute Gasteiger partial charge is 0.343 e. The van der Waals surface area contributed by atoms with E-state index in [2.05, 4.69) is 20.6 Å². The molecule has 1 aromatic carbocycles. The van der Waals surface area contributed by atoms with Crippen molar-refractivity contribution in [2.75, 3.05) is 23.7 Å². The molecular formula is C27H26ClN5O3. The van der Waals surface area contributed by atoms with Crippen LogP contribution in [0.1, 0.15) is 58.4 Å². The minimum Gasteiger partial charge on any atom is -0.343 e. The second-order valence-electron chi connectivity index (χ2n) is 9.28.